The van der Waals surface area contributed by atoms with Crippen LogP contribution in [0, 0.1) is 11.3 Å². The molecular formula is C12H16N2O2S. The smallest absolute Gasteiger partial charge is 0.232 e. The number of anilines is 1. The van der Waals surface area contributed by atoms with Crippen molar-refractivity contribution in [3.05, 3.63) is 29.3 Å². The van der Waals surface area contributed by atoms with Gasteiger partial charge in [-0.15, -0.1) is 0 Å². The molecule has 1 aromatic carbocycles. The van der Waals surface area contributed by atoms with Gasteiger partial charge >= 0.3 is 0 Å². The van der Waals surface area contributed by atoms with Gasteiger partial charge in [-0.05, 0) is 17.5 Å². The number of nitrogens with zero attached hydrogens (tertiary/aromatic N) is 2. The van der Waals surface area contributed by atoms with Crippen molar-refractivity contribution in [2.75, 3.05) is 17.6 Å². The second-order valence-electron chi connectivity index (χ2n) is 4.24. The van der Waals surface area contributed by atoms with E-state index >= 15 is 0 Å². The fourth-order valence-electron chi connectivity index (χ4n) is 1.63. The lowest BCUT2D eigenvalue weighted by Crippen LogP contribution is -2.27. The summed E-state index contributed by atoms with van der Waals surface area (Å²) in [4.78, 5) is 0. The lowest BCUT2D eigenvalue weighted by Gasteiger charge is -2.23. The van der Waals surface area contributed by atoms with Crippen LogP contribution >= 0.6 is 0 Å². The summed E-state index contributed by atoms with van der Waals surface area (Å²) in [6.07, 6.45) is 1.13. The monoisotopic (exact) mass is 252 g/mol. The van der Waals surface area contributed by atoms with Crippen molar-refractivity contribution in [3.63, 3.8) is 0 Å². The van der Waals surface area contributed by atoms with Crippen LogP contribution in [0.2, 0.25) is 0 Å². The Morgan fingerprint density at radius 1 is 1.35 bits per heavy atom. The summed E-state index contributed by atoms with van der Waals surface area (Å²) in [6, 6.07) is 7.29. The van der Waals surface area contributed by atoms with Crippen molar-refractivity contribution in [3.8, 4) is 6.07 Å². The zero-order valence-corrected chi connectivity index (χ0v) is 11.2. The first kappa shape index (κ1) is 13.5. The molecule has 0 aliphatic carbocycles. The zero-order valence-electron chi connectivity index (χ0n) is 10.4. The normalized spacial score (nSPS) is 11.3. The van der Waals surface area contributed by atoms with Crippen LogP contribution < -0.4 is 4.31 Å². The summed E-state index contributed by atoms with van der Waals surface area (Å²) in [5, 5.41) is 9.07. The molecule has 0 aliphatic rings. The van der Waals surface area contributed by atoms with Gasteiger partial charge in [0.15, 0.2) is 0 Å². The number of hydrogen-bond acceptors (Lipinski definition) is 3. The summed E-state index contributed by atoms with van der Waals surface area (Å²) in [5.74, 6) is 0.155. The van der Waals surface area contributed by atoms with Crippen LogP contribution in [0.3, 0.4) is 0 Å². The van der Waals surface area contributed by atoms with Gasteiger partial charge < -0.3 is 0 Å². The summed E-state index contributed by atoms with van der Waals surface area (Å²) in [7, 11) is -1.89. The van der Waals surface area contributed by atoms with Gasteiger partial charge in [-0.2, -0.15) is 5.26 Å². The van der Waals surface area contributed by atoms with E-state index in [1.165, 1.54) is 11.4 Å². The molecule has 4 nitrogen and oxygen atoms in total. The second-order valence-corrected chi connectivity index (χ2v) is 6.25. The molecule has 0 saturated carbocycles. The van der Waals surface area contributed by atoms with Gasteiger partial charge in [0.05, 0.1) is 17.5 Å². The molecule has 0 bridgehead atoms. The molecule has 0 radical (unpaired) electrons. The maximum Gasteiger partial charge on any atom is 0.232 e. The Bertz CT molecular complexity index is 556. The van der Waals surface area contributed by atoms with Crippen LogP contribution in [0.1, 0.15) is 30.9 Å². The molecule has 0 saturated heterocycles. The van der Waals surface area contributed by atoms with Crippen molar-refractivity contribution in [1.29, 1.82) is 5.26 Å². The first-order valence-corrected chi connectivity index (χ1v) is 7.10. The summed E-state index contributed by atoms with van der Waals surface area (Å²) < 4.78 is 24.3. The van der Waals surface area contributed by atoms with Crippen LogP contribution in [-0.4, -0.2) is 21.7 Å². The van der Waals surface area contributed by atoms with Crippen LogP contribution in [0.4, 0.5) is 5.69 Å². The molecule has 0 atom stereocenters. The van der Waals surface area contributed by atoms with E-state index < -0.39 is 10.0 Å². The van der Waals surface area contributed by atoms with E-state index in [2.05, 4.69) is 0 Å². The van der Waals surface area contributed by atoms with E-state index in [0.717, 1.165) is 11.8 Å². The van der Waals surface area contributed by atoms with Crippen LogP contribution in [0.25, 0.3) is 0 Å². The number of rotatable bonds is 3. The summed E-state index contributed by atoms with van der Waals surface area (Å²) >= 11 is 0. The quantitative estimate of drug-likeness (QED) is 0.827. The van der Waals surface area contributed by atoms with Gasteiger partial charge in [-0.3, -0.25) is 4.31 Å². The van der Waals surface area contributed by atoms with Gasteiger partial charge in [0, 0.05) is 7.05 Å². The molecule has 17 heavy (non-hydrogen) atoms. The predicted octanol–water partition coefficient (Wildman–Crippen LogP) is 2.08. The Balaban J connectivity index is 3.55. The predicted molar refractivity (Wildman–Crippen MR) is 68.5 cm³/mol. The van der Waals surface area contributed by atoms with Crippen molar-refractivity contribution >= 4 is 15.7 Å². The molecule has 5 heteroatoms. The van der Waals surface area contributed by atoms with E-state index in [4.69, 9.17) is 5.26 Å². The Hall–Kier alpha value is -1.54. The summed E-state index contributed by atoms with van der Waals surface area (Å²) in [5.41, 5.74) is 1.72. The number of hydrogen-bond donors (Lipinski definition) is 0. The van der Waals surface area contributed by atoms with E-state index in [9.17, 15) is 8.42 Å². The maximum absolute atomic E-state index is 11.6. The Morgan fingerprint density at radius 3 is 2.35 bits per heavy atom. The van der Waals surface area contributed by atoms with E-state index in [0.29, 0.717) is 11.3 Å². The number of sulfonamides is 1. The molecule has 0 amide bonds. The third-order valence-electron chi connectivity index (χ3n) is 2.62. The molecule has 0 N–H and O–H groups in total. The van der Waals surface area contributed by atoms with Crippen LogP contribution in [0.15, 0.2) is 18.2 Å². The fraction of sp³-hybridized carbons (Fsp3) is 0.417. The molecule has 0 spiro atoms. The molecule has 0 unspecified atom stereocenters. The molecule has 1 aromatic rings. The van der Waals surface area contributed by atoms with E-state index in [-0.39, 0.29) is 5.92 Å². The number of nitriles is 1. The van der Waals surface area contributed by atoms with Crippen LogP contribution in [-0.2, 0) is 10.0 Å². The van der Waals surface area contributed by atoms with E-state index in [1.54, 1.807) is 12.1 Å². The average Bonchev–Trinajstić information content (AvgIpc) is 2.25. The van der Waals surface area contributed by atoms with Gasteiger partial charge in [0.1, 0.15) is 6.07 Å². The SMILES string of the molecule is CC(C)c1cccc(C#N)c1N(C)S(C)(=O)=O. The van der Waals surface area contributed by atoms with Crippen molar-refractivity contribution < 1.29 is 8.42 Å². The van der Waals surface area contributed by atoms with Crippen LogP contribution in [0.5, 0.6) is 0 Å². The third-order valence-corrected chi connectivity index (χ3v) is 3.80. The molecule has 1 rings (SSSR count). The Morgan fingerprint density at radius 2 is 1.94 bits per heavy atom. The molecular weight excluding hydrogens is 236 g/mol. The molecule has 0 aromatic heterocycles. The second kappa shape index (κ2) is 4.76. The number of para-hydroxylation sites is 1. The Labute approximate surface area is 103 Å². The molecule has 0 fully saturated rings. The molecule has 0 heterocycles. The lowest BCUT2D eigenvalue weighted by atomic mass is 9.98. The minimum absolute atomic E-state index is 0.155. The first-order chi connectivity index (χ1) is 7.79. The van der Waals surface area contributed by atoms with Gasteiger partial charge in [-0.25, -0.2) is 8.42 Å². The van der Waals surface area contributed by atoms with Gasteiger partial charge in [0.25, 0.3) is 0 Å². The maximum atomic E-state index is 11.6. The van der Waals surface area contributed by atoms with Crippen molar-refractivity contribution in [2.45, 2.75) is 19.8 Å². The fourth-order valence-corrected chi connectivity index (χ4v) is 2.17. The van der Waals surface area contributed by atoms with Crippen molar-refractivity contribution in [2.24, 2.45) is 0 Å². The minimum Gasteiger partial charge on any atom is -0.272 e. The highest BCUT2D eigenvalue weighted by Crippen LogP contribution is 2.31. The number of benzene rings is 1. The minimum atomic E-state index is -3.36. The first-order valence-electron chi connectivity index (χ1n) is 5.26. The standard InChI is InChI=1S/C12H16N2O2S/c1-9(2)11-7-5-6-10(8-13)12(11)14(3)17(4,15)16/h5-7,9H,1-4H3. The average molecular weight is 252 g/mol. The van der Waals surface area contributed by atoms with Gasteiger partial charge in [-0.1, -0.05) is 26.0 Å². The van der Waals surface area contributed by atoms with E-state index in [1.807, 2.05) is 26.0 Å². The zero-order chi connectivity index (χ0) is 13.2. The highest BCUT2D eigenvalue weighted by Gasteiger charge is 2.20. The topological polar surface area (TPSA) is 61.2 Å². The highest BCUT2D eigenvalue weighted by atomic mass is 32.2. The molecule has 92 valence electrons. The highest BCUT2D eigenvalue weighted by molar-refractivity contribution is 7.92. The Kier molecular flexibility index (Phi) is 3.79. The van der Waals surface area contributed by atoms with Gasteiger partial charge in [0.2, 0.25) is 10.0 Å². The third kappa shape index (κ3) is 2.77. The largest absolute Gasteiger partial charge is 0.272 e. The summed E-state index contributed by atoms with van der Waals surface area (Å²) in [6.45, 7) is 3.94. The lowest BCUT2D eigenvalue weighted by molar-refractivity contribution is 0.600. The molecule has 0 aliphatic heterocycles. The van der Waals surface area contributed by atoms with Crippen molar-refractivity contribution in [1.82, 2.24) is 0 Å².